The molecular formula is C12H22N2O2. The average Bonchev–Trinajstić information content (AvgIpc) is 2.74. The lowest BCUT2D eigenvalue weighted by Gasteiger charge is -2.22. The van der Waals surface area contributed by atoms with Gasteiger partial charge in [-0.1, -0.05) is 0 Å². The Balaban J connectivity index is 2.28. The summed E-state index contributed by atoms with van der Waals surface area (Å²) in [5.74, 6) is 0. The van der Waals surface area contributed by atoms with Gasteiger partial charge in [0.25, 0.3) is 0 Å². The third-order valence-corrected chi connectivity index (χ3v) is 2.87. The van der Waals surface area contributed by atoms with Crippen LogP contribution in [0.25, 0.3) is 0 Å². The number of rotatable bonds is 7. The van der Waals surface area contributed by atoms with E-state index in [-0.39, 0.29) is 12.3 Å². The molecule has 0 amide bonds. The number of nitrogens with zero attached hydrogens (tertiary/aromatic N) is 2. The monoisotopic (exact) mass is 226 g/mol. The lowest BCUT2D eigenvalue weighted by atomic mass is 10.2. The molecule has 4 heteroatoms. The van der Waals surface area contributed by atoms with Crippen LogP contribution >= 0.6 is 0 Å². The van der Waals surface area contributed by atoms with E-state index >= 15 is 0 Å². The molecule has 1 atom stereocenters. The molecule has 4 nitrogen and oxygen atoms in total. The van der Waals surface area contributed by atoms with Crippen molar-refractivity contribution in [2.24, 2.45) is 0 Å². The fraction of sp³-hybridized carbons (Fsp3) is 0.917. The second kappa shape index (κ2) is 7.61. The largest absolute Gasteiger partial charge is 0.353 e. The highest BCUT2D eigenvalue weighted by atomic mass is 16.7. The maximum Gasteiger partial charge on any atom is 0.158 e. The Morgan fingerprint density at radius 1 is 1.38 bits per heavy atom. The van der Waals surface area contributed by atoms with Gasteiger partial charge in [-0.2, -0.15) is 5.26 Å². The molecule has 0 bridgehead atoms. The van der Waals surface area contributed by atoms with Crippen LogP contribution in [0.1, 0.15) is 33.1 Å². The zero-order valence-corrected chi connectivity index (χ0v) is 10.3. The summed E-state index contributed by atoms with van der Waals surface area (Å²) >= 11 is 0. The highest BCUT2D eigenvalue weighted by molar-refractivity contribution is 4.95. The summed E-state index contributed by atoms with van der Waals surface area (Å²) in [7, 11) is 0. The van der Waals surface area contributed by atoms with Crippen LogP contribution in [0, 0.1) is 11.3 Å². The molecular weight excluding hydrogens is 204 g/mol. The van der Waals surface area contributed by atoms with Gasteiger partial charge in [0.15, 0.2) is 6.29 Å². The first-order valence-electron chi connectivity index (χ1n) is 6.18. The number of ether oxygens (including phenoxy) is 2. The van der Waals surface area contributed by atoms with E-state index in [0.717, 1.165) is 32.4 Å². The zero-order valence-electron chi connectivity index (χ0n) is 10.3. The van der Waals surface area contributed by atoms with Crippen molar-refractivity contribution >= 4 is 0 Å². The molecule has 0 saturated carbocycles. The van der Waals surface area contributed by atoms with Crippen LogP contribution in [-0.2, 0) is 9.47 Å². The van der Waals surface area contributed by atoms with E-state index in [1.165, 1.54) is 0 Å². The molecule has 1 saturated heterocycles. The SMILES string of the molecule is CCOC(CCN1CCCC1C#N)OCC. The Bertz CT molecular complexity index is 222. The Labute approximate surface area is 98.1 Å². The van der Waals surface area contributed by atoms with Crippen LogP contribution in [0.4, 0.5) is 0 Å². The molecule has 0 aliphatic carbocycles. The van der Waals surface area contributed by atoms with Gasteiger partial charge < -0.3 is 9.47 Å². The van der Waals surface area contributed by atoms with Crippen molar-refractivity contribution in [2.45, 2.75) is 45.4 Å². The minimum absolute atomic E-state index is 0.101. The molecule has 1 unspecified atom stereocenters. The van der Waals surface area contributed by atoms with Crippen molar-refractivity contribution in [1.29, 1.82) is 5.26 Å². The molecule has 1 heterocycles. The van der Waals surface area contributed by atoms with Crippen molar-refractivity contribution in [3.05, 3.63) is 0 Å². The molecule has 1 rings (SSSR count). The maximum absolute atomic E-state index is 8.95. The van der Waals surface area contributed by atoms with E-state index in [2.05, 4.69) is 11.0 Å². The first-order valence-corrected chi connectivity index (χ1v) is 6.18. The van der Waals surface area contributed by atoms with Gasteiger partial charge in [-0.25, -0.2) is 0 Å². The van der Waals surface area contributed by atoms with Crippen LogP contribution in [0.15, 0.2) is 0 Å². The highest BCUT2D eigenvalue weighted by Crippen LogP contribution is 2.17. The lowest BCUT2D eigenvalue weighted by Crippen LogP contribution is -2.32. The van der Waals surface area contributed by atoms with Crippen molar-refractivity contribution in [1.82, 2.24) is 4.90 Å². The van der Waals surface area contributed by atoms with E-state index in [1.807, 2.05) is 13.8 Å². The molecule has 0 aromatic heterocycles. The number of hydrogen-bond donors (Lipinski definition) is 0. The summed E-state index contributed by atoms with van der Waals surface area (Å²) in [6.07, 6.45) is 2.87. The summed E-state index contributed by atoms with van der Waals surface area (Å²) in [4.78, 5) is 2.23. The van der Waals surface area contributed by atoms with Crippen LogP contribution in [0.5, 0.6) is 0 Å². The van der Waals surface area contributed by atoms with Gasteiger partial charge in [0, 0.05) is 26.2 Å². The fourth-order valence-corrected chi connectivity index (χ4v) is 2.10. The van der Waals surface area contributed by atoms with E-state index in [9.17, 15) is 0 Å². The standard InChI is InChI=1S/C12H22N2O2/c1-3-15-12(16-4-2)7-9-14-8-5-6-11(14)10-13/h11-12H,3-9H2,1-2H3. The van der Waals surface area contributed by atoms with Gasteiger partial charge in [-0.3, -0.25) is 4.90 Å². The van der Waals surface area contributed by atoms with Crippen molar-refractivity contribution in [2.75, 3.05) is 26.3 Å². The molecule has 1 fully saturated rings. The number of nitriles is 1. The van der Waals surface area contributed by atoms with E-state index in [1.54, 1.807) is 0 Å². The van der Waals surface area contributed by atoms with Crippen molar-refractivity contribution < 1.29 is 9.47 Å². The van der Waals surface area contributed by atoms with Crippen molar-refractivity contribution in [3.63, 3.8) is 0 Å². The number of likely N-dealkylation sites (tertiary alicyclic amines) is 1. The second-order valence-electron chi connectivity index (χ2n) is 3.95. The normalized spacial score (nSPS) is 21.5. The summed E-state index contributed by atoms with van der Waals surface area (Å²) in [6.45, 7) is 7.21. The Morgan fingerprint density at radius 3 is 2.62 bits per heavy atom. The average molecular weight is 226 g/mol. The van der Waals surface area contributed by atoms with Gasteiger partial charge in [0.1, 0.15) is 0 Å². The first-order chi connectivity index (χ1) is 7.81. The van der Waals surface area contributed by atoms with Gasteiger partial charge in [0.2, 0.25) is 0 Å². The highest BCUT2D eigenvalue weighted by Gasteiger charge is 2.24. The van der Waals surface area contributed by atoms with Crippen LogP contribution < -0.4 is 0 Å². The maximum atomic E-state index is 8.95. The third kappa shape index (κ3) is 4.09. The summed E-state index contributed by atoms with van der Waals surface area (Å²) in [6, 6.07) is 2.45. The second-order valence-corrected chi connectivity index (χ2v) is 3.95. The van der Waals surface area contributed by atoms with Gasteiger partial charge >= 0.3 is 0 Å². The smallest absolute Gasteiger partial charge is 0.158 e. The van der Waals surface area contributed by atoms with Gasteiger partial charge in [0.05, 0.1) is 12.1 Å². The predicted molar refractivity (Wildman–Crippen MR) is 61.9 cm³/mol. The first kappa shape index (κ1) is 13.4. The fourth-order valence-electron chi connectivity index (χ4n) is 2.10. The Hall–Kier alpha value is -0.630. The molecule has 0 radical (unpaired) electrons. The molecule has 0 N–H and O–H groups in total. The Kier molecular flexibility index (Phi) is 6.39. The molecule has 1 aliphatic rings. The summed E-state index contributed by atoms with van der Waals surface area (Å²) in [5, 5.41) is 8.95. The Morgan fingerprint density at radius 2 is 2.06 bits per heavy atom. The molecule has 0 aromatic carbocycles. The van der Waals surface area contributed by atoms with Crippen LogP contribution in [-0.4, -0.2) is 43.5 Å². The van der Waals surface area contributed by atoms with E-state index in [4.69, 9.17) is 14.7 Å². The molecule has 16 heavy (non-hydrogen) atoms. The minimum Gasteiger partial charge on any atom is -0.353 e. The molecule has 0 spiro atoms. The lowest BCUT2D eigenvalue weighted by molar-refractivity contribution is -0.141. The third-order valence-electron chi connectivity index (χ3n) is 2.87. The van der Waals surface area contributed by atoms with E-state index < -0.39 is 0 Å². The molecule has 0 aromatic rings. The minimum atomic E-state index is -0.116. The predicted octanol–water partition coefficient (Wildman–Crippen LogP) is 1.76. The molecule has 1 aliphatic heterocycles. The summed E-state index contributed by atoms with van der Waals surface area (Å²) in [5.41, 5.74) is 0. The zero-order chi connectivity index (χ0) is 11.8. The number of hydrogen-bond acceptors (Lipinski definition) is 4. The van der Waals surface area contributed by atoms with E-state index in [0.29, 0.717) is 13.2 Å². The topological polar surface area (TPSA) is 45.5 Å². The van der Waals surface area contributed by atoms with Crippen molar-refractivity contribution in [3.8, 4) is 6.07 Å². The van der Waals surface area contributed by atoms with Crippen LogP contribution in [0.2, 0.25) is 0 Å². The quantitative estimate of drug-likeness (QED) is 0.621. The van der Waals surface area contributed by atoms with Gasteiger partial charge in [-0.15, -0.1) is 0 Å². The summed E-state index contributed by atoms with van der Waals surface area (Å²) < 4.78 is 11.0. The molecule has 92 valence electrons. The van der Waals surface area contributed by atoms with Gasteiger partial charge in [-0.05, 0) is 33.2 Å². The van der Waals surface area contributed by atoms with Crippen LogP contribution in [0.3, 0.4) is 0 Å².